The second-order valence-electron chi connectivity index (χ2n) is 8.00. The average Bonchev–Trinajstić information content (AvgIpc) is 3.28. The van der Waals surface area contributed by atoms with E-state index in [1.807, 2.05) is 13.8 Å². The van der Waals surface area contributed by atoms with Gasteiger partial charge in [0.05, 0.1) is 11.8 Å². The number of nitrogens with two attached hydrogens (primary N) is 1. The highest BCUT2D eigenvalue weighted by molar-refractivity contribution is 5.95. The van der Waals surface area contributed by atoms with Gasteiger partial charge in [-0.05, 0) is 25.0 Å². The van der Waals surface area contributed by atoms with Crippen molar-refractivity contribution in [1.82, 2.24) is 14.5 Å². The van der Waals surface area contributed by atoms with E-state index in [9.17, 15) is 18.8 Å². The number of unbranched alkanes of at least 4 members (excludes halogenated alkanes) is 2. The van der Waals surface area contributed by atoms with Gasteiger partial charge in [0.2, 0.25) is 5.91 Å². The molecule has 2 heterocycles. The summed E-state index contributed by atoms with van der Waals surface area (Å²) in [5.74, 6) is -0.259. The Morgan fingerprint density at radius 2 is 1.94 bits per heavy atom. The number of carbonyl (C=O) groups is 1. The number of hydrogen-bond acceptors (Lipinski definition) is 6. The largest absolute Gasteiger partial charge is 0.441 e. The van der Waals surface area contributed by atoms with E-state index in [1.54, 1.807) is 18.2 Å². The van der Waals surface area contributed by atoms with Crippen LogP contribution in [0, 0.1) is 5.82 Å². The van der Waals surface area contributed by atoms with Crippen LogP contribution in [0.15, 0.2) is 44.5 Å². The van der Waals surface area contributed by atoms with Crippen LogP contribution in [0.2, 0.25) is 0 Å². The normalized spacial score (nSPS) is 11.0. The molecule has 0 aliphatic heterocycles. The van der Waals surface area contributed by atoms with Crippen LogP contribution in [0.5, 0.6) is 0 Å². The number of aryl methyl sites for hydroxylation is 1. The van der Waals surface area contributed by atoms with Crippen LogP contribution in [0.1, 0.15) is 51.8 Å². The first-order valence-electron chi connectivity index (χ1n) is 11.5. The first kappa shape index (κ1) is 24.9. The SMILES string of the molecule is CCCCN(C(=O)CCc1ncc(-c2ccccc2F)o1)c1c(N)n(CCCC)c(=O)[nH]c1=O. The number of hydrogen-bond donors (Lipinski definition) is 2. The Kier molecular flexibility index (Phi) is 8.39. The maximum Gasteiger partial charge on any atom is 0.330 e. The predicted molar refractivity (Wildman–Crippen MR) is 128 cm³/mol. The van der Waals surface area contributed by atoms with E-state index < -0.39 is 17.1 Å². The van der Waals surface area contributed by atoms with Crippen molar-refractivity contribution < 1.29 is 13.6 Å². The molecule has 3 rings (SSSR count). The van der Waals surface area contributed by atoms with Gasteiger partial charge in [-0.15, -0.1) is 0 Å². The van der Waals surface area contributed by atoms with Crippen molar-refractivity contribution in [3.05, 3.63) is 63.0 Å². The summed E-state index contributed by atoms with van der Waals surface area (Å²) >= 11 is 0. The zero-order valence-electron chi connectivity index (χ0n) is 19.5. The summed E-state index contributed by atoms with van der Waals surface area (Å²) in [5, 5.41) is 0. The topological polar surface area (TPSA) is 127 Å². The molecule has 34 heavy (non-hydrogen) atoms. The van der Waals surface area contributed by atoms with E-state index in [0.29, 0.717) is 19.4 Å². The van der Waals surface area contributed by atoms with Gasteiger partial charge in [0.1, 0.15) is 11.6 Å². The minimum absolute atomic E-state index is 0.00605. The molecule has 2 aromatic heterocycles. The van der Waals surface area contributed by atoms with Gasteiger partial charge >= 0.3 is 5.69 Å². The number of nitrogens with zero attached hydrogens (tertiary/aromatic N) is 3. The number of anilines is 2. The number of carbonyl (C=O) groups excluding carboxylic acids is 1. The van der Waals surface area contributed by atoms with Gasteiger partial charge in [-0.2, -0.15) is 0 Å². The molecule has 0 aliphatic carbocycles. The van der Waals surface area contributed by atoms with Gasteiger partial charge in [0.25, 0.3) is 5.56 Å². The maximum atomic E-state index is 14.0. The minimum Gasteiger partial charge on any atom is -0.441 e. The van der Waals surface area contributed by atoms with E-state index in [2.05, 4.69) is 9.97 Å². The van der Waals surface area contributed by atoms with E-state index >= 15 is 0 Å². The van der Waals surface area contributed by atoms with Crippen molar-refractivity contribution in [2.24, 2.45) is 0 Å². The average molecular weight is 472 g/mol. The fourth-order valence-electron chi connectivity index (χ4n) is 3.61. The number of halogens is 1. The Bertz CT molecular complexity index is 1250. The molecule has 0 saturated carbocycles. The molecule has 9 nitrogen and oxygen atoms in total. The van der Waals surface area contributed by atoms with Gasteiger partial charge in [-0.1, -0.05) is 38.8 Å². The van der Waals surface area contributed by atoms with Crippen molar-refractivity contribution in [2.45, 2.75) is 58.9 Å². The second-order valence-corrected chi connectivity index (χ2v) is 8.00. The Balaban J connectivity index is 1.83. The predicted octanol–water partition coefficient (Wildman–Crippen LogP) is 3.48. The van der Waals surface area contributed by atoms with Crippen molar-refractivity contribution >= 4 is 17.4 Å². The summed E-state index contributed by atoms with van der Waals surface area (Å²) in [4.78, 5) is 45.8. The third kappa shape index (κ3) is 5.62. The highest BCUT2D eigenvalue weighted by atomic mass is 19.1. The summed E-state index contributed by atoms with van der Waals surface area (Å²) in [7, 11) is 0. The van der Waals surface area contributed by atoms with Crippen LogP contribution in [-0.4, -0.2) is 27.0 Å². The molecule has 0 spiro atoms. The zero-order chi connectivity index (χ0) is 24.7. The van der Waals surface area contributed by atoms with Crippen molar-refractivity contribution in [2.75, 3.05) is 17.2 Å². The summed E-state index contributed by atoms with van der Waals surface area (Å²) in [5.41, 5.74) is 5.18. The third-order valence-electron chi connectivity index (χ3n) is 5.50. The van der Waals surface area contributed by atoms with Crippen molar-refractivity contribution in [1.29, 1.82) is 0 Å². The maximum absolute atomic E-state index is 14.0. The van der Waals surface area contributed by atoms with Gasteiger partial charge < -0.3 is 15.1 Å². The number of amides is 1. The molecule has 0 saturated heterocycles. The van der Waals surface area contributed by atoms with E-state index in [4.69, 9.17) is 10.2 Å². The summed E-state index contributed by atoms with van der Waals surface area (Å²) in [6, 6.07) is 6.18. The number of rotatable bonds is 11. The van der Waals surface area contributed by atoms with Crippen LogP contribution in [0.3, 0.4) is 0 Å². The van der Waals surface area contributed by atoms with E-state index in [-0.39, 0.29) is 54.0 Å². The zero-order valence-corrected chi connectivity index (χ0v) is 19.5. The van der Waals surface area contributed by atoms with Crippen LogP contribution in [0.25, 0.3) is 11.3 Å². The van der Waals surface area contributed by atoms with Gasteiger partial charge in [-0.3, -0.25) is 19.1 Å². The lowest BCUT2D eigenvalue weighted by molar-refractivity contribution is -0.118. The molecule has 3 N–H and O–H groups in total. The molecule has 0 bridgehead atoms. The first-order valence-corrected chi connectivity index (χ1v) is 11.5. The monoisotopic (exact) mass is 471 g/mol. The lowest BCUT2D eigenvalue weighted by atomic mass is 10.2. The highest BCUT2D eigenvalue weighted by Crippen LogP contribution is 2.24. The molecular formula is C24H30FN5O4. The molecule has 0 unspecified atom stereocenters. The lowest BCUT2D eigenvalue weighted by Crippen LogP contribution is -2.41. The number of aromatic amines is 1. The number of nitrogen functional groups attached to an aromatic ring is 1. The second kappa shape index (κ2) is 11.4. The summed E-state index contributed by atoms with van der Waals surface area (Å²) in [6.45, 7) is 4.57. The number of aromatic nitrogens is 3. The Labute approximate surface area is 196 Å². The van der Waals surface area contributed by atoms with Crippen LogP contribution >= 0.6 is 0 Å². The fourth-order valence-corrected chi connectivity index (χ4v) is 3.61. The third-order valence-corrected chi connectivity index (χ3v) is 5.50. The van der Waals surface area contributed by atoms with Crippen LogP contribution in [0.4, 0.5) is 15.9 Å². The molecule has 10 heteroatoms. The number of nitrogens with one attached hydrogen (secondary N) is 1. The van der Waals surface area contributed by atoms with Gasteiger partial charge in [0, 0.05) is 25.9 Å². The van der Waals surface area contributed by atoms with E-state index in [0.717, 1.165) is 12.8 Å². The fraction of sp³-hybridized carbons (Fsp3) is 0.417. The molecule has 1 amide bonds. The van der Waals surface area contributed by atoms with Gasteiger partial charge in [0.15, 0.2) is 17.3 Å². The molecule has 3 aromatic rings. The Morgan fingerprint density at radius 3 is 2.65 bits per heavy atom. The number of benzene rings is 1. The van der Waals surface area contributed by atoms with Crippen LogP contribution in [-0.2, 0) is 17.8 Å². The van der Waals surface area contributed by atoms with Crippen molar-refractivity contribution in [3.63, 3.8) is 0 Å². The highest BCUT2D eigenvalue weighted by Gasteiger charge is 2.24. The van der Waals surface area contributed by atoms with Crippen molar-refractivity contribution in [3.8, 4) is 11.3 Å². The smallest absolute Gasteiger partial charge is 0.330 e. The van der Waals surface area contributed by atoms with Gasteiger partial charge in [-0.25, -0.2) is 14.2 Å². The molecule has 0 aliphatic rings. The Morgan fingerprint density at radius 1 is 1.21 bits per heavy atom. The van der Waals surface area contributed by atoms with E-state index in [1.165, 1.54) is 21.7 Å². The van der Waals surface area contributed by atoms with Crippen LogP contribution < -0.4 is 21.9 Å². The number of oxazole rings is 1. The molecule has 0 fully saturated rings. The molecule has 182 valence electrons. The molecular weight excluding hydrogens is 441 g/mol. The summed E-state index contributed by atoms with van der Waals surface area (Å²) < 4.78 is 20.9. The summed E-state index contributed by atoms with van der Waals surface area (Å²) in [6.07, 6.45) is 4.55. The standard InChI is InChI=1S/C24H30FN5O4/c1-3-5-13-29(21-22(26)30(14-6-4-2)24(33)28-23(21)32)20(31)12-11-19-27-15-18(34-19)16-9-7-8-10-17(16)25/h7-10,15H,3-6,11-14,26H2,1-2H3,(H,28,32,33). The molecule has 0 atom stereocenters. The first-order chi connectivity index (χ1) is 16.4. The number of H-pyrrole nitrogens is 1. The lowest BCUT2D eigenvalue weighted by Gasteiger charge is -2.24. The Hall–Kier alpha value is -3.69. The quantitative estimate of drug-likeness (QED) is 0.441. The minimum atomic E-state index is -0.697. The molecule has 0 radical (unpaired) electrons. The molecule has 1 aromatic carbocycles.